The Labute approximate surface area is 297 Å². The van der Waals surface area contributed by atoms with E-state index in [1.54, 1.807) is 0 Å². The van der Waals surface area contributed by atoms with Gasteiger partial charge in [0.2, 0.25) is 0 Å². The molecule has 242 valence electrons. The topological polar surface area (TPSA) is 65.0 Å². The van der Waals surface area contributed by atoms with Gasteiger partial charge in [-0.2, -0.15) is 0 Å². The fourth-order valence-electron chi connectivity index (χ4n) is 7.78. The average molecular weight is 666 g/mol. The molecule has 0 aliphatic heterocycles. The Morgan fingerprint density at radius 3 is 1.67 bits per heavy atom. The number of nitrogens with zero attached hydrogens (tertiary/aromatic N) is 3. The lowest BCUT2D eigenvalue weighted by Gasteiger charge is -2.14. The molecule has 3 heterocycles. The molecule has 3 aromatic heterocycles. The van der Waals surface area contributed by atoms with E-state index < -0.39 is 0 Å². The first-order valence-corrected chi connectivity index (χ1v) is 17.4. The minimum atomic E-state index is 0.580. The smallest absolute Gasteiger partial charge is 0.164 e. The maximum Gasteiger partial charge on any atom is 0.164 e. The fraction of sp³-hybridized carbons (Fsp3) is 0. The van der Waals surface area contributed by atoms with Crippen LogP contribution in [0.1, 0.15) is 0 Å². The van der Waals surface area contributed by atoms with Crippen molar-refractivity contribution in [2.24, 2.45) is 0 Å². The van der Waals surface area contributed by atoms with Crippen molar-refractivity contribution in [2.45, 2.75) is 0 Å². The van der Waals surface area contributed by atoms with Gasteiger partial charge < -0.3 is 8.83 Å². The molecule has 11 aromatic rings. The number of furan rings is 2. The van der Waals surface area contributed by atoms with Gasteiger partial charge in [-0.15, -0.1) is 0 Å². The van der Waals surface area contributed by atoms with Gasteiger partial charge in [0, 0.05) is 49.2 Å². The molecule has 0 saturated heterocycles. The molecule has 0 radical (unpaired) electrons. The number of fused-ring (bicyclic) bond motifs is 10. The van der Waals surface area contributed by atoms with E-state index in [0.29, 0.717) is 17.5 Å². The van der Waals surface area contributed by atoms with Gasteiger partial charge in [-0.05, 0) is 64.2 Å². The van der Waals surface area contributed by atoms with Crippen molar-refractivity contribution in [1.29, 1.82) is 0 Å². The Hall–Kier alpha value is -7.11. The molecule has 0 saturated carbocycles. The zero-order chi connectivity index (χ0) is 34.2. The highest BCUT2D eigenvalue weighted by molar-refractivity contribution is 6.29. The third-order valence-electron chi connectivity index (χ3n) is 10.1. The lowest BCUT2D eigenvalue weighted by Crippen LogP contribution is -2.01. The molecule has 0 atom stereocenters. The lowest BCUT2D eigenvalue weighted by molar-refractivity contribution is 0.669. The van der Waals surface area contributed by atoms with Crippen molar-refractivity contribution in [1.82, 2.24) is 15.0 Å². The van der Waals surface area contributed by atoms with Crippen molar-refractivity contribution in [3.8, 4) is 45.3 Å². The van der Waals surface area contributed by atoms with Crippen molar-refractivity contribution in [3.05, 3.63) is 164 Å². The van der Waals surface area contributed by atoms with Crippen LogP contribution in [0.25, 0.3) is 111 Å². The molecule has 5 nitrogen and oxygen atoms in total. The van der Waals surface area contributed by atoms with Gasteiger partial charge in [0.05, 0.1) is 0 Å². The predicted molar refractivity (Wildman–Crippen MR) is 211 cm³/mol. The van der Waals surface area contributed by atoms with Gasteiger partial charge in [0.1, 0.15) is 22.3 Å². The molecule has 0 bridgehead atoms. The summed E-state index contributed by atoms with van der Waals surface area (Å²) < 4.78 is 13.0. The van der Waals surface area contributed by atoms with E-state index in [2.05, 4.69) is 97.1 Å². The lowest BCUT2D eigenvalue weighted by atomic mass is 9.93. The molecule has 8 aromatic carbocycles. The summed E-state index contributed by atoms with van der Waals surface area (Å²) in [6, 6.07) is 56.1. The number of hydrogen-bond acceptors (Lipinski definition) is 5. The van der Waals surface area contributed by atoms with E-state index in [1.165, 1.54) is 0 Å². The van der Waals surface area contributed by atoms with Gasteiger partial charge in [-0.25, -0.2) is 15.0 Å². The molecule has 0 N–H and O–H groups in total. The van der Waals surface area contributed by atoms with Crippen LogP contribution in [-0.4, -0.2) is 15.0 Å². The second kappa shape index (κ2) is 11.2. The SMILES string of the molecule is c1ccc(-c2nc(-c3cc4ccccc4c4c3ccc3oc5ccccc5c34)nc(-c3ccc(-c4ccccc4)c4oc5ccccc5c34)n2)cc1. The number of benzene rings is 8. The van der Waals surface area contributed by atoms with Crippen LogP contribution in [0.5, 0.6) is 0 Å². The van der Waals surface area contributed by atoms with Crippen LogP contribution in [0.2, 0.25) is 0 Å². The summed E-state index contributed by atoms with van der Waals surface area (Å²) in [4.78, 5) is 15.7. The molecule has 0 spiro atoms. The summed E-state index contributed by atoms with van der Waals surface area (Å²) in [6.45, 7) is 0. The highest BCUT2D eigenvalue weighted by Crippen LogP contribution is 2.44. The van der Waals surface area contributed by atoms with Crippen LogP contribution in [0, 0.1) is 0 Å². The number of aromatic nitrogens is 3. The summed E-state index contributed by atoms with van der Waals surface area (Å²) in [5, 5.41) is 8.58. The summed E-state index contributed by atoms with van der Waals surface area (Å²) >= 11 is 0. The molecular weight excluding hydrogens is 639 g/mol. The summed E-state index contributed by atoms with van der Waals surface area (Å²) in [6.07, 6.45) is 0. The van der Waals surface area contributed by atoms with Gasteiger partial charge in [-0.1, -0.05) is 121 Å². The highest BCUT2D eigenvalue weighted by Gasteiger charge is 2.22. The molecule has 0 aliphatic carbocycles. The number of hydrogen-bond donors (Lipinski definition) is 0. The van der Waals surface area contributed by atoms with Crippen LogP contribution in [0.4, 0.5) is 0 Å². The van der Waals surface area contributed by atoms with E-state index in [0.717, 1.165) is 93.2 Å². The molecular formula is C47H27N3O2. The van der Waals surface area contributed by atoms with Crippen LogP contribution in [0.15, 0.2) is 173 Å². The number of rotatable bonds is 4. The maximum absolute atomic E-state index is 6.62. The van der Waals surface area contributed by atoms with Crippen molar-refractivity contribution in [3.63, 3.8) is 0 Å². The van der Waals surface area contributed by atoms with E-state index in [4.69, 9.17) is 23.8 Å². The largest absolute Gasteiger partial charge is 0.456 e. The van der Waals surface area contributed by atoms with Gasteiger partial charge in [0.25, 0.3) is 0 Å². The zero-order valence-corrected chi connectivity index (χ0v) is 27.7. The van der Waals surface area contributed by atoms with E-state index in [1.807, 2.05) is 66.7 Å². The van der Waals surface area contributed by atoms with Gasteiger partial charge in [-0.3, -0.25) is 0 Å². The fourth-order valence-corrected chi connectivity index (χ4v) is 7.78. The molecule has 0 unspecified atom stereocenters. The summed E-state index contributed by atoms with van der Waals surface area (Å²) in [7, 11) is 0. The molecule has 0 fully saturated rings. The zero-order valence-electron chi connectivity index (χ0n) is 27.7. The van der Waals surface area contributed by atoms with Gasteiger partial charge in [0.15, 0.2) is 17.5 Å². The quantitative estimate of drug-likeness (QED) is 0.175. The van der Waals surface area contributed by atoms with Crippen LogP contribution < -0.4 is 0 Å². The Morgan fingerprint density at radius 1 is 0.327 bits per heavy atom. The Morgan fingerprint density at radius 2 is 0.904 bits per heavy atom. The standard InChI is InChI=1S/C47H27N3O2/c1-3-13-28(14-4-1)32-23-24-36(42-34-19-9-12-22-39(34)52-44(32)42)46-48-45(29-15-5-2-6-16-29)49-47(50-46)37-27-30-17-7-8-18-31(30)41-33(37)25-26-40-43(41)35-20-10-11-21-38(35)51-40/h1-27H. The Balaban J connectivity index is 1.25. The first-order valence-electron chi connectivity index (χ1n) is 17.4. The van der Waals surface area contributed by atoms with Crippen LogP contribution >= 0.6 is 0 Å². The highest BCUT2D eigenvalue weighted by atomic mass is 16.3. The molecule has 5 heteroatoms. The van der Waals surface area contributed by atoms with E-state index in [9.17, 15) is 0 Å². The molecule has 11 rings (SSSR count). The second-order valence-corrected chi connectivity index (χ2v) is 13.1. The molecule has 52 heavy (non-hydrogen) atoms. The van der Waals surface area contributed by atoms with Crippen molar-refractivity contribution < 1.29 is 8.83 Å². The summed E-state index contributed by atoms with van der Waals surface area (Å²) in [5.41, 5.74) is 8.16. The second-order valence-electron chi connectivity index (χ2n) is 13.1. The third-order valence-corrected chi connectivity index (χ3v) is 10.1. The molecule has 0 aliphatic rings. The minimum absolute atomic E-state index is 0.580. The maximum atomic E-state index is 6.62. The normalized spacial score (nSPS) is 11.8. The first-order chi connectivity index (χ1) is 25.8. The van der Waals surface area contributed by atoms with Crippen LogP contribution in [0.3, 0.4) is 0 Å². The predicted octanol–water partition coefficient (Wildman–Crippen LogP) is 12.6. The Kier molecular flexibility index (Phi) is 6.18. The minimum Gasteiger partial charge on any atom is -0.456 e. The van der Waals surface area contributed by atoms with Crippen molar-refractivity contribution >= 4 is 65.4 Å². The number of para-hydroxylation sites is 2. The molecule has 0 amide bonds. The van der Waals surface area contributed by atoms with E-state index in [-0.39, 0.29) is 0 Å². The van der Waals surface area contributed by atoms with E-state index >= 15 is 0 Å². The van der Waals surface area contributed by atoms with Crippen LogP contribution in [-0.2, 0) is 0 Å². The average Bonchev–Trinajstić information content (AvgIpc) is 3.80. The van der Waals surface area contributed by atoms with Gasteiger partial charge >= 0.3 is 0 Å². The Bertz CT molecular complexity index is 3180. The summed E-state index contributed by atoms with van der Waals surface area (Å²) in [5.74, 6) is 1.78. The third kappa shape index (κ3) is 4.33. The first kappa shape index (κ1) is 28.7. The van der Waals surface area contributed by atoms with Crippen molar-refractivity contribution in [2.75, 3.05) is 0 Å². The monoisotopic (exact) mass is 665 g/mol.